The minimum atomic E-state index is -0.545. The van der Waals surface area contributed by atoms with Gasteiger partial charge in [0.2, 0.25) is 0 Å². The molecular weight excluding hydrogens is 244 g/mol. The summed E-state index contributed by atoms with van der Waals surface area (Å²) in [6.07, 6.45) is 0. The number of carbonyl (C=O) groups excluding carboxylic acids is 1. The van der Waals surface area contributed by atoms with Crippen molar-refractivity contribution in [2.45, 2.75) is 13.5 Å². The molecule has 1 aromatic carbocycles. The number of aryl methyl sites for hydroxylation is 2. The van der Waals surface area contributed by atoms with Gasteiger partial charge in [0, 0.05) is 18.8 Å². The van der Waals surface area contributed by atoms with Crippen LogP contribution in [0.15, 0.2) is 24.3 Å². The molecule has 100 valence electrons. The molecule has 2 aromatic rings. The van der Waals surface area contributed by atoms with E-state index < -0.39 is 5.91 Å². The van der Waals surface area contributed by atoms with Gasteiger partial charge in [-0.2, -0.15) is 5.10 Å². The van der Waals surface area contributed by atoms with Gasteiger partial charge in [0.05, 0.1) is 17.0 Å². The first-order chi connectivity index (χ1) is 8.97. The Morgan fingerprint density at radius 3 is 2.74 bits per heavy atom. The van der Waals surface area contributed by atoms with Crippen LogP contribution in [-0.2, 0) is 13.7 Å². The number of rotatable bonds is 4. The van der Waals surface area contributed by atoms with E-state index in [0.29, 0.717) is 23.6 Å². The lowest BCUT2D eigenvalue weighted by molar-refractivity contribution is 0.0996. The Labute approximate surface area is 111 Å². The molecule has 4 N–H and O–H groups in total. The second kappa shape index (κ2) is 5.01. The van der Waals surface area contributed by atoms with Gasteiger partial charge in [-0.3, -0.25) is 9.48 Å². The first-order valence-electron chi connectivity index (χ1n) is 5.79. The van der Waals surface area contributed by atoms with Crippen LogP contribution < -0.4 is 16.2 Å². The van der Waals surface area contributed by atoms with Crippen molar-refractivity contribution in [2.75, 3.05) is 5.73 Å². The highest BCUT2D eigenvalue weighted by atomic mass is 16.5. The van der Waals surface area contributed by atoms with E-state index in [1.807, 2.05) is 20.0 Å². The molecule has 6 heteroatoms. The predicted octanol–water partition coefficient (Wildman–Crippen LogP) is 0.989. The number of benzene rings is 1. The molecule has 1 amide bonds. The van der Waals surface area contributed by atoms with Crippen molar-refractivity contribution in [1.82, 2.24) is 9.78 Å². The third-order valence-electron chi connectivity index (χ3n) is 2.75. The number of nitrogens with two attached hydrogens (primary N) is 2. The Balaban J connectivity index is 2.21. The molecule has 1 aromatic heterocycles. The third kappa shape index (κ3) is 2.85. The summed E-state index contributed by atoms with van der Waals surface area (Å²) in [6.45, 7) is 2.19. The summed E-state index contributed by atoms with van der Waals surface area (Å²) in [5, 5.41) is 4.22. The lowest BCUT2D eigenvalue weighted by Crippen LogP contribution is -2.13. The van der Waals surface area contributed by atoms with Gasteiger partial charge in [0.1, 0.15) is 12.4 Å². The highest BCUT2D eigenvalue weighted by Crippen LogP contribution is 2.22. The summed E-state index contributed by atoms with van der Waals surface area (Å²) in [7, 11) is 1.83. The average Bonchev–Trinajstić information content (AvgIpc) is 2.65. The number of primary amides is 1. The summed E-state index contributed by atoms with van der Waals surface area (Å²) >= 11 is 0. The molecule has 0 aliphatic heterocycles. The number of nitrogen functional groups attached to an aromatic ring is 1. The maximum Gasteiger partial charge on any atom is 0.252 e. The molecule has 0 saturated carbocycles. The van der Waals surface area contributed by atoms with Gasteiger partial charge < -0.3 is 16.2 Å². The van der Waals surface area contributed by atoms with Crippen molar-refractivity contribution in [3.63, 3.8) is 0 Å². The molecule has 0 fully saturated rings. The topological polar surface area (TPSA) is 96.2 Å². The third-order valence-corrected chi connectivity index (χ3v) is 2.75. The van der Waals surface area contributed by atoms with Crippen LogP contribution in [0.2, 0.25) is 0 Å². The molecule has 0 unspecified atom stereocenters. The fraction of sp³-hybridized carbons (Fsp3) is 0.231. The second-order valence-corrected chi connectivity index (χ2v) is 4.31. The van der Waals surface area contributed by atoms with Crippen LogP contribution in [0.25, 0.3) is 0 Å². The van der Waals surface area contributed by atoms with Crippen LogP contribution in [-0.4, -0.2) is 15.7 Å². The molecule has 0 spiro atoms. The molecule has 0 aliphatic rings. The van der Waals surface area contributed by atoms with Gasteiger partial charge in [-0.15, -0.1) is 0 Å². The smallest absolute Gasteiger partial charge is 0.252 e. The van der Waals surface area contributed by atoms with E-state index >= 15 is 0 Å². The number of nitrogens with zero attached hydrogens (tertiary/aromatic N) is 2. The van der Waals surface area contributed by atoms with E-state index in [9.17, 15) is 4.79 Å². The highest BCUT2D eigenvalue weighted by molar-refractivity contribution is 5.96. The molecule has 1 heterocycles. The van der Waals surface area contributed by atoms with Crippen molar-refractivity contribution in [3.05, 3.63) is 41.2 Å². The molecule has 2 rings (SSSR count). The largest absolute Gasteiger partial charge is 0.486 e. The van der Waals surface area contributed by atoms with E-state index in [-0.39, 0.29) is 0 Å². The van der Waals surface area contributed by atoms with Crippen molar-refractivity contribution >= 4 is 11.6 Å². The Bertz CT molecular complexity index is 619. The van der Waals surface area contributed by atoms with Crippen LogP contribution in [0, 0.1) is 6.92 Å². The molecule has 0 radical (unpaired) electrons. The summed E-state index contributed by atoms with van der Waals surface area (Å²) in [4.78, 5) is 11.3. The minimum Gasteiger partial charge on any atom is -0.486 e. The number of carbonyl (C=O) groups is 1. The summed E-state index contributed by atoms with van der Waals surface area (Å²) in [5.74, 6) is -0.164. The van der Waals surface area contributed by atoms with Gasteiger partial charge in [-0.25, -0.2) is 0 Å². The number of hydrogen-bond acceptors (Lipinski definition) is 4. The monoisotopic (exact) mass is 260 g/mol. The van der Waals surface area contributed by atoms with Gasteiger partial charge in [0.25, 0.3) is 5.91 Å². The summed E-state index contributed by atoms with van der Waals surface area (Å²) in [5.41, 5.74) is 13.6. The van der Waals surface area contributed by atoms with E-state index in [2.05, 4.69) is 5.10 Å². The molecular formula is C13H16N4O2. The van der Waals surface area contributed by atoms with Gasteiger partial charge in [0.15, 0.2) is 0 Å². The van der Waals surface area contributed by atoms with Crippen LogP contribution in [0.5, 0.6) is 5.75 Å². The summed E-state index contributed by atoms with van der Waals surface area (Å²) < 4.78 is 7.35. The highest BCUT2D eigenvalue weighted by Gasteiger charge is 2.11. The second-order valence-electron chi connectivity index (χ2n) is 4.31. The van der Waals surface area contributed by atoms with Crippen molar-refractivity contribution < 1.29 is 9.53 Å². The Hall–Kier alpha value is -2.50. The zero-order valence-electron chi connectivity index (χ0n) is 10.9. The normalized spacial score (nSPS) is 10.4. The van der Waals surface area contributed by atoms with E-state index in [1.165, 1.54) is 0 Å². The molecule has 0 bridgehead atoms. The lowest BCUT2D eigenvalue weighted by atomic mass is 10.1. The number of amides is 1. The minimum absolute atomic E-state index is 0.293. The van der Waals surface area contributed by atoms with Gasteiger partial charge >= 0.3 is 0 Å². The number of ether oxygens (including phenoxy) is 1. The maximum absolute atomic E-state index is 11.3. The molecule has 6 nitrogen and oxygen atoms in total. The van der Waals surface area contributed by atoms with Crippen molar-refractivity contribution in [2.24, 2.45) is 12.8 Å². The van der Waals surface area contributed by atoms with E-state index in [1.54, 1.807) is 22.9 Å². The average molecular weight is 260 g/mol. The molecule has 19 heavy (non-hydrogen) atoms. The van der Waals surface area contributed by atoms with Gasteiger partial charge in [-0.1, -0.05) is 0 Å². The Kier molecular flexibility index (Phi) is 3.41. The van der Waals surface area contributed by atoms with Crippen LogP contribution >= 0.6 is 0 Å². The first-order valence-corrected chi connectivity index (χ1v) is 5.79. The predicted molar refractivity (Wildman–Crippen MR) is 71.6 cm³/mol. The molecule has 0 saturated heterocycles. The maximum atomic E-state index is 11.3. The van der Waals surface area contributed by atoms with Crippen LogP contribution in [0.4, 0.5) is 5.69 Å². The van der Waals surface area contributed by atoms with E-state index in [0.717, 1.165) is 11.4 Å². The van der Waals surface area contributed by atoms with E-state index in [4.69, 9.17) is 16.2 Å². The fourth-order valence-electron chi connectivity index (χ4n) is 1.81. The first kappa shape index (κ1) is 12.9. The summed E-state index contributed by atoms with van der Waals surface area (Å²) in [6, 6.07) is 6.67. The van der Waals surface area contributed by atoms with Gasteiger partial charge in [-0.05, 0) is 25.1 Å². The van der Waals surface area contributed by atoms with Crippen molar-refractivity contribution in [1.29, 1.82) is 0 Å². The fourth-order valence-corrected chi connectivity index (χ4v) is 1.81. The number of anilines is 1. The Morgan fingerprint density at radius 2 is 2.16 bits per heavy atom. The van der Waals surface area contributed by atoms with Crippen LogP contribution in [0.1, 0.15) is 21.7 Å². The quantitative estimate of drug-likeness (QED) is 0.801. The number of hydrogen-bond donors (Lipinski definition) is 2. The zero-order valence-corrected chi connectivity index (χ0v) is 10.9. The van der Waals surface area contributed by atoms with Crippen LogP contribution in [0.3, 0.4) is 0 Å². The standard InChI is InChI=1S/C13H16N4O2/c1-8-5-10(17(2)16-8)7-19-12-6-9(14)3-4-11(12)13(15)18/h3-6H,7,14H2,1-2H3,(H2,15,18). The SMILES string of the molecule is Cc1cc(COc2cc(N)ccc2C(N)=O)n(C)n1. The Morgan fingerprint density at radius 1 is 1.42 bits per heavy atom. The molecule has 0 aliphatic carbocycles. The van der Waals surface area contributed by atoms with Crippen molar-refractivity contribution in [3.8, 4) is 5.75 Å². The lowest BCUT2D eigenvalue weighted by Gasteiger charge is -2.10. The number of aromatic nitrogens is 2. The molecule has 0 atom stereocenters. The zero-order chi connectivity index (χ0) is 14.0.